The number of nitrogens with zero attached hydrogens (tertiary/aromatic N) is 1. The van der Waals surface area contributed by atoms with Crippen molar-refractivity contribution in [1.29, 1.82) is 0 Å². The lowest BCUT2D eigenvalue weighted by atomic mass is 10.3. The molecule has 0 amide bonds. The summed E-state index contributed by atoms with van der Waals surface area (Å²) in [5, 5.41) is 8.46. The average molecular weight is 199 g/mol. The van der Waals surface area contributed by atoms with E-state index in [0.717, 1.165) is 4.90 Å². The fourth-order valence-corrected chi connectivity index (χ4v) is 0.685. The summed E-state index contributed by atoms with van der Waals surface area (Å²) in [6.45, 7) is 1.05. The van der Waals surface area contributed by atoms with Crippen molar-refractivity contribution in [2.45, 2.75) is 25.6 Å². The fourth-order valence-electron chi connectivity index (χ4n) is 0.685. The third kappa shape index (κ3) is 5.46. The first kappa shape index (κ1) is 12.2. The van der Waals surface area contributed by atoms with Crippen LogP contribution in [0.2, 0.25) is 0 Å². The summed E-state index contributed by atoms with van der Waals surface area (Å²) in [4.78, 5) is 11.5. The van der Waals surface area contributed by atoms with Crippen LogP contribution < -0.4 is 0 Å². The van der Waals surface area contributed by atoms with E-state index in [1.165, 1.54) is 14.0 Å². The molecule has 13 heavy (non-hydrogen) atoms. The molecule has 0 aliphatic carbocycles. The van der Waals surface area contributed by atoms with Crippen molar-refractivity contribution in [3.63, 3.8) is 0 Å². The second kappa shape index (κ2) is 4.45. The Kier molecular flexibility index (Phi) is 4.19. The van der Waals surface area contributed by atoms with Crippen LogP contribution in [-0.2, 0) is 4.79 Å². The standard InChI is InChI=1S/C7H12F3NO2/c1-5(6(12)13)11(2)4-3-7(8,9)10/h5H,3-4H2,1-2H3,(H,12,13). The Labute approximate surface area is 74.1 Å². The summed E-state index contributed by atoms with van der Waals surface area (Å²) in [5.41, 5.74) is 0. The summed E-state index contributed by atoms with van der Waals surface area (Å²) in [7, 11) is 1.35. The molecule has 0 saturated carbocycles. The van der Waals surface area contributed by atoms with E-state index in [9.17, 15) is 18.0 Å². The highest BCUT2D eigenvalue weighted by molar-refractivity contribution is 5.72. The number of halogens is 3. The van der Waals surface area contributed by atoms with Crippen molar-refractivity contribution in [3.05, 3.63) is 0 Å². The number of rotatable bonds is 4. The maximum atomic E-state index is 11.7. The molecule has 0 spiro atoms. The molecule has 0 bridgehead atoms. The Balaban J connectivity index is 3.88. The molecular formula is C7H12F3NO2. The first-order valence-electron chi connectivity index (χ1n) is 3.74. The molecule has 0 fully saturated rings. The summed E-state index contributed by atoms with van der Waals surface area (Å²) in [6.07, 6.45) is -5.21. The van der Waals surface area contributed by atoms with Crippen LogP contribution in [0.5, 0.6) is 0 Å². The van der Waals surface area contributed by atoms with Gasteiger partial charge in [0, 0.05) is 6.54 Å². The predicted octanol–water partition coefficient (Wildman–Crippen LogP) is 1.34. The van der Waals surface area contributed by atoms with Gasteiger partial charge in [0.25, 0.3) is 0 Å². The Morgan fingerprint density at radius 3 is 2.31 bits per heavy atom. The molecule has 0 radical (unpaired) electrons. The van der Waals surface area contributed by atoms with Crippen molar-refractivity contribution < 1.29 is 23.1 Å². The molecule has 0 heterocycles. The Morgan fingerprint density at radius 2 is 2.00 bits per heavy atom. The van der Waals surface area contributed by atoms with Crippen LogP contribution in [0.25, 0.3) is 0 Å². The van der Waals surface area contributed by atoms with Crippen LogP contribution in [0, 0.1) is 0 Å². The quantitative estimate of drug-likeness (QED) is 0.742. The van der Waals surface area contributed by atoms with Crippen molar-refractivity contribution >= 4 is 5.97 Å². The zero-order valence-corrected chi connectivity index (χ0v) is 7.43. The fraction of sp³-hybridized carbons (Fsp3) is 0.857. The van der Waals surface area contributed by atoms with Crippen LogP contribution >= 0.6 is 0 Å². The van der Waals surface area contributed by atoms with Crippen LogP contribution in [0.4, 0.5) is 13.2 Å². The predicted molar refractivity (Wildman–Crippen MR) is 40.4 cm³/mol. The molecule has 1 N–H and O–H groups in total. The van der Waals surface area contributed by atoms with Gasteiger partial charge in [0.2, 0.25) is 0 Å². The van der Waals surface area contributed by atoms with Crippen molar-refractivity contribution in [1.82, 2.24) is 4.90 Å². The third-order valence-electron chi connectivity index (χ3n) is 1.77. The summed E-state index contributed by atoms with van der Waals surface area (Å²) in [6, 6.07) is -0.887. The molecule has 3 nitrogen and oxygen atoms in total. The molecule has 0 saturated heterocycles. The van der Waals surface area contributed by atoms with Crippen LogP contribution in [0.3, 0.4) is 0 Å². The minimum absolute atomic E-state index is 0.295. The van der Waals surface area contributed by atoms with E-state index >= 15 is 0 Å². The molecule has 0 aromatic carbocycles. The number of carboxylic acid groups (broad SMARTS) is 1. The summed E-state index contributed by atoms with van der Waals surface area (Å²) < 4.78 is 35.1. The maximum Gasteiger partial charge on any atom is 0.390 e. The van der Waals surface area contributed by atoms with Gasteiger partial charge in [0.05, 0.1) is 6.42 Å². The SMILES string of the molecule is CC(C(=O)O)N(C)CCC(F)(F)F. The minimum atomic E-state index is -4.23. The Bertz CT molecular complexity index is 181. The van der Waals surface area contributed by atoms with Gasteiger partial charge < -0.3 is 5.11 Å². The zero-order valence-electron chi connectivity index (χ0n) is 7.43. The highest BCUT2D eigenvalue weighted by Gasteiger charge is 2.28. The highest BCUT2D eigenvalue weighted by atomic mass is 19.4. The molecule has 0 aromatic rings. The van der Waals surface area contributed by atoms with E-state index in [-0.39, 0.29) is 6.54 Å². The van der Waals surface area contributed by atoms with Gasteiger partial charge in [0.1, 0.15) is 6.04 Å². The van der Waals surface area contributed by atoms with Gasteiger partial charge in [-0.1, -0.05) is 0 Å². The van der Waals surface area contributed by atoms with Crippen LogP contribution in [0.1, 0.15) is 13.3 Å². The molecule has 0 rings (SSSR count). The van der Waals surface area contributed by atoms with Gasteiger partial charge in [-0.3, -0.25) is 9.69 Å². The number of carboxylic acids is 1. The molecule has 78 valence electrons. The monoisotopic (exact) mass is 199 g/mol. The topological polar surface area (TPSA) is 40.5 Å². The Morgan fingerprint density at radius 1 is 1.54 bits per heavy atom. The van der Waals surface area contributed by atoms with Gasteiger partial charge in [-0.05, 0) is 14.0 Å². The van der Waals surface area contributed by atoms with E-state index in [1.807, 2.05) is 0 Å². The lowest BCUT2D eigenvalue weighted by Crippen LogP contribution is -2.37. The van der Waals surface area contributed by atoms with Crippen LogP contribution in [-0.4, -0.2) is 41.8 Å². The molecule has 0 aliphatic rings. The van der Waals surface area contributed by atoms with E-state index in [2.05, 4.69) is 0 Å². The smallest absolute Gasteiger partial charge is 0.390 e. The molecule has 1 atom stereocenters. The first-order chi connectivity index (χ1) is 5.74. The number of likely N-dealkylation sites (N-methyl/N-ethyl adjacent to an activating group) is 1. The van der Waals surface area contributed by atoms with Crippen molar-refractivity contribution in [2.24, 2.45) is 0 Å². The molecule has 1 unspecified atom stereocenters. The minimum Gasteiger partial charge on any atom is -0.480 e. The van der Waals surface area contributed by atoms with Crippen molar-refractivity contribution in [2.75, 3.05) is 13.6 Å². The third-order valence-corrected chi connectivity index (χ3v) is 1.77. The largest absolute Gasteiger partial charge is 0.480 e. The van der Waals surface area contributed by atoms with Gasteiger partial charge >= 0.3 is 12.1 Å². The van der Waals surface area contributed by atoms with E-state index < -0.39 is 24.6 Å². The summed E-state index contributed by atoms with van der Waals surface area (Å²) in [5.74, 6) is -1.12. The number of hydrogen-bond donors (Lipinski definition) is 1. The van der Waals surface area contributed by atoms with Crippen LogP contribution in [0.15, 0.2) is 0 Å². The number of aliphatic carboxylic acids is 1. The molecular weight excluding hydrogens is 187 g/mol. The van der Waals surface area contributed by atoms with Gasteiger partial charge in [-0.2, -0.15) is 13.2 Å². The van der Waals surface area contributed by atoms with E-state index in [1.54, 1.807) is 0 Å². The molecule has 0 aliphatic heterocycles. The number of carbonyl (C=O) groups is 1. The van der Waals surface area contributed by atoms with Gasteiger partial charge in [0.15, 0.2) is 0 Å². The second-order valence-electron chi connectivity index (χ2n) is 2.86. The molecule has 6 heteroatoms. The average Bonchev–Trinajstić information content (AvgIpc) is 1.97. The lowest BCUT2D eigenvalue weighted by Gasteiger charge is -2.21. The summed E-state index contributed by atoms with van der Waals surface area (Å²) >= 11 is 0. The second-order valence-corrected chi connectivity index (χ2v) is 2.86. The molecule has 0 aromatic heterocycles. The lowest BCUT2D eigenvalue weighted by molar-refractivity contribution is -0.148. The Hall–Kier alpha value is -0.780. The van der Waals surface area contributed by atoms with Gasteiger partial charge in [-0.25, -0.2) is 0 Å². The van der Waals surface area contributed by atoms with E-state index in [4.69, 9.17) is 5.11 Å². The first-order valence-corrected chi connectivity index (χ1v) is 3.74. The maximum absolute atomic E-state index is 11.7. The number of alkyl halides is 3. The van der Waals surface area contributed by atoms with Gasteiger partial charge in [-0.15, -0.1) is 0 Å². The van der Waals surface area contributed by atoms with Crippen molar-refractivity contribution in [3.8, 4) is 0 Å². The van der Waals surface area contributed by atoms with E-state index in [0.29, 0.717) is 0 Å². The normalized spacial score (nSPS) is 14.6. The zero-order chi connectivity index (χ0) is 10.6. The number of hydrogen-bond acceptors (Lipinski definition) is 2. The highest BCUT2D eigenvalue weighted by Crippen LogP contribution is 2.19.